The molecule has 1 fully saturated rings. The summed E-state index contributed by atoms with van der Waals surface area (Å²) < 4.78 is 0. The molecule has 2 heterocycles. The van der Waals surface area contributed by atoms with Gasteiger partial charge in [0.25, 0.3) is 0 Å². The van der Waals surface area contributed by atoms with Crippen molar-refractivity contribution in [2.45, 2.75) is 32.7 Å². The third-order valence-corrected chi connectivity index (χ3v) is 3.65. The summed E-state index contributed by atoms with van der Waals surface area (Å²) in [5, 5.41) is 0.532. The highest BCUT2D eigenvalue weighted by Crippen LogP contribution is 2.22. The molecule has 0 aromatic carbocycles. The first-order valence-electron chi connectivity index (χ1n) is 6.56. The molecular weight excluding hydrogens is 248 g/mol. The first-order chi connectivity index (χ1) is 8.60. The molecule has 0 radical (unpaired) electrons. The van der Waals surface area contributed by atoms with Gasteiger partial charge in [0, 0.05) is 25.2 Å². The van der Waals surface area contributed by atoms with Gasteiger partial charge in [-0.25, -0.2) is 9.97 Å². The topological polar surface area (TPSA) is 32.3 Å². The second kappa shape index (κ2) is 5.85. The number of likely N-dealkylation sites (N-methyl/N-ethyl adjacent to an activating group) is 1. The zero-order chi connectivity index (χ0) is 13.1. The van der Waals surface area contributed by atoms with E-state index in [0.29, 0.717) is 11.2 Å². The average Bonchev–Trinajstić information content (AvgIpc) is 2.49. The highest BCUT2D eigenvalue weighted by molar-refractivity contribution is 6.29. The number of anilines is 1. The monoisotopic (exact) mass is 268 g/mol. The molecule has 0 spiro atoms. The number of halogens is 1. The van der Waals surface area contributed by atoms with Crippen molar-refractivity contribution in [3.63, 3.8) is 0 Å². The van der Waals surface area contributed by atoms with Crippen molar-refractivity contribution in [3.05, 3.63) is 17.0 Å². The molecule has 0 saturated carbocycles. The minimum atomic E-state index is 0.503. The van der Waals surface area contributed by atoms with E-state index in [1.807, 2.05) is 13.0 Å². The van der Waals surface area contributed by atoms with E-state index in [0.717, 1.165) is 44.1 Å². The van der Waals surface area contributed by atoms with E-state index >= 15 is 0 Å². The molecule has 1 unspecified atom stereocenters. The minimum Gasteiger partial charge on any atom is -0.352 e. The first-order valence-corrected chi connectivity index (χ1v) is 6.94. The number of aromatic nitrogens is 2. The lowest BCUT2D eigenvalue weighted by Gasteiger charge is -2.31. The predicted molar refractivity (Wildman–Crippen MR) is 75.3 cm³/mol. The van der Waals surface area contributed by atoms with Crippen LogP contribution >= 0.6 is 11.6 Å². The van der Waals surface area contributed by atoms with Crippen LogP contribution in [-0.2, 0) is 0 Å². The van der Waals surface area contributed by atoms with Crippen LogP contribution in [0.25, 0.3) is 0 Å². The van der Waals surface area contributed by atoms with Gasteiger partial charge in [0.05, 0.1) is 0 Å². The molecule has 1 aromatic heterocycles. The molecule has 1 aromatic rings. The summed E-state index contributed by atoms with van der Waals surface area (Å²) in [5.74, 6) is 1.71. The highest BCUT2D eigenvalue weighted by Gasteiger charge is 2.23. The van der Waals surface area contributed by atoms with E-state index in [1.54, 1.807) is 0 Å². The van der Waals surface area contributed by atoms with Crippen LogP contribution in [-0.4, -0.2) is 47.6 Å². The highest BCUT2D eigenvalue weighted by atomic mass is 35.5. The Morgan fingerprint density at radius 1 is 1.39 bits per heavy atom. The van der Waals surface area contributed by atoms with Crippen molar-refractivity contribution >= 4 is 17.4 Å². The number of nitrogens with zero attached hydrogens (tertiary/aromatic N) is 4. The molecule has 18 heavy (non-hydrogen) atoms. The summed E-state index contributed by atoms with van der Waals surface area (Å²) in [6.45, 7) is 7.38. The van der Waals surface area contributed by atoms with E-state index in [2.05, 4.69) is 33.7 Å². The SMILES string of the molecule is CCC1CN(C)CCCN1c1cc(Cl)nc(C)n1. The lowest BCUT2D eigenvalue weighted by Crippen LogP contribution is -2.40. The van der Waals surface area contributed by atoms with Gasteiger partial charge in [0.15, 0.2) is 0 Å². The Labute approximate surface area is 114 Å². The van der Waals surface area contributed by atoms with Gasteiger partial charge in [-0.1, -0.05) is 18.5 Å². The summed E-state index contributed by atoms with van der Waals surface area (Å²) in [7, 11) is 2.18. The number of aryl methyl sites for hydroxylation is 1. The molecule has 0 N–H and O–H groups in total. The maximum atomic E-state index is 6.04. The predicted octanol–water partition coefficient (Wildman–Crippen LogP) is 2.36. The van der Waals surface area contributed by atoms with Crippen LogP contribution in [0.3, 0.4) is 0 Å². The van der Waals surface area contributed by atoms with Crippen LogP contribution in [0.4, 0.5) is 5.82 Å². The van der Waals surface area contributed by atoms with Gasteiger partial charge in [-0.3, -0.25) is 0 Å². The second-order valence-electron chi connectivity index (χ2n) is 4.97. The quantitative estimate of drug-likeness (QED) is 0.771. The lowest BCUT2D eigenvalue weighted by molar-refractivity contribution is 0.327. The van der Waals surface area contributed by atoms with Crippen LogP contribution in [0.15, 0.2) is 6.07 Å². The maximum absolute atomic E-state index is 6.04. The van der Waals surface area contributed by atoms with Gasteiger partial charge in [-0.15, -0.1) is 0 Å². The molecule has 1 aliphatic heterocycles. The van der Waals surface area contributed by atoms with E-state index in [4.69, 9.17) is 11.6 Å². The fourth-order valence-electron chi connectivity index (χ4n) is 2.56. The Hall–Kier alpha value is -0.870. The average molecular weight is 269 g/mol. The molecule has 0 aliphatic carbocycles. The van der Waals surface area contributed by atoms with Crippen LogP contribution in [0, 0.1) is 6.92 Å². The van der Waals surface area contributed by atoms with Crippen LogP contribution in [0.5, 0.6) is 0 Å². The van der Waals surface area contributed by atoms with Crippen molar-refractivity contribution < 1.29 is 0 Å². The normalized spacial score (nSPS) is 22.0. The zero-order valence-electron chi connectivity index (χ0n) is 11.4. The smallest absolute Gasteiger partial charge is 0.134 e. The number of hydrogen-bond acceptors (Lipinski definition) is 4. The van der Waals surface area contributed by atoms with E-state index in [-0.39, 0.29) is 0 Å². The van der Waals surface area contributed by atoms with Gasteiger partial charge in [-0.05, 0) is 33.4 Å². The van der Waals surface area contributed by atoms with E-state index in [9.17, 15) is 0 Å². The minimum absolute atomic E-state index is 0.503. The fourth-order valence-corrected chi connectivity index (χ4v) is 2.78. The molecule has 100 valence electrons. The van der Waals surface area contributed by atoms with Crippen molar-refractivity contribution in [2.75, 3.05) is 31.6 Å². The fraction of sp³-hybridized carbons (Fsp3) is 0.692. The Bertz CT molecular complexity index is 390. The van der Waals surface area contributed by atoms with Gasteiger partial charge in [-0.2, -0.15) is 0 Å². The lowest BCUT2D eigenvalue weighted by atomic mass is 10.2. The summed E-state index contributed by atoms with van der Waals surface area (Å²) in [5.41, 5.74) is 0. The van der Waals surface area contributed by atoms with E-state index < -0.39 is 0 Å². The van der Waals surface area contributed by atoms with Crippen molar-refractivity contribution in [1.82, 2.24) is 14.9 Å². The largest absolute Gasteiger partial charge is 0.352 e. The summed E-state index contributed by atoms with van der Waals surface area (Å²) >= 11 is 6.04. The number of rotatable bonds is 2. The molecule has 0 bridgehead atoms. The summed E-state index contributed by atoms with van der Waals surface area (Å²) in [6.07, 6.45) is 2.28. The van der Waals surface area contributed by atoms with Crippen molar-refractivity contribution in [3.8, 4) is 0 Å². The maximum Gasteiger partial charge on any atom is 0.134 e. The Morgan fingerprint density at radius 2 is 2.17 bits per heavy atom. The second-order valence-corrected chi connectivity index (χ2v) is 5.35. The summed E-state index contributed by atoms with van der Waals surface area (Å²) in [4.78, 5) is 13.4. The van der Waals surface area contributed by atoms with E-state index in [1.165, 1.54) is 0 Å². The van der Waals surface area contributed by atoms with Crippen LogP contribution in [0.1, 0.15) is 25.6 Å². The Balaban J connectivity index is 2.28. The third kappa shape index (κ3) is 3.12. The zero-order valence-corrected chi connectivity index (χ0v) is 12.1. The molecule has 1 atom stereocenters. The Kier molecular flexibility index (Phi) is 4.40. The molecule has 2 rings (SSSR count). The van der Waals surface area contributed by atoms with Crippen molar-refractivity contribution in [2.24, 2.45) is 0 Å². The van der Waals surface area contributed by atoms with Gasteiger partial charge < -0.3 is 9.80 Å². The van der Waals surface area contributed by atoms with Crippen LogP contribution < -0.4 is 4.90 Å². The Morgan fingerprint density at radius 3 is 2.83 bits per heavy atom. The third-order valence-electron chi connectivity index (χ3n) is 3.46. The van der Waals surface area contributed by atoms with Crippen molar-refractivity contribution in [1.29, 1.82) is 0 Å². The first kappa shape index (κ1) is 13.6. The van der Waals surface area contributed by atoms with Gasteiger partial charge in [0.2, 0.25) is 0 Å². The molecule has 4 nitrogen and oxygen atoms in total. The van der Waals surface area contributed by atoms with Crippen LogP contribution in [0.2, 0.25) is 5.15 Å². The summed E-state index contributed by atoms with van der Waals surface area (Å²) in [6, 6.07) is 2.38. The number of hydrogen-bond donors (Lipinski definition) is 0. The van der Waals surface area contributed by atoms with Gasteiger partial charge >= 0.3 is 0 Å². The van der Waals surface area contributed by atoms with Gasteiger partial charge in [0.1, 0.15) is 16.8 Å². The molecular formula is C13H21ClN4. The standard InChI is InChI=1S/C13H21ClN4/c1-4-11-9-17(3)6-5-7-18(11)13-8-12(14)15-10(2)16-13/h8,11H,4-7,9H2,1-3H3. The molecule has 1 aliphatic rings. The molecule has 0 amide bonds. The molecule has 5 heteroatoms. The molecule has 1 saturated heterocycles.